The molecule has 1 nitrogen and oxygen atoms in total. The Kier molecular flexibility index (Phi) is 3.80. The number of rotatable bonds is 4. The third-order valence-corrected chi connectivity index (χ3v) is 1.69. The molecule has 0 spiro atoms. The average Bonchev–Trinajstić information content (AvgIpc) is 2.00. The van der Waals surface area contributed by atoms with Crippen LogP contribution in [-0.2, 0) is 4.79 Å². The zero-order chi connectivity index (χ0) is 8.91. The smallest absolute Gasteiger partial charge is 0.145 e. The van der Waals surface area contributed by atoms with Gasteiger partial charge in [-0.25, -0.2) is 0 Å². The molecule has 0 N–H and O–H groups in total. The monoisotopic (exact) mass is 152 g/mol. The van der Waals surface area contributed by atoms with Crippen LogP contribution < -0.4 is 0 Å². The summed E-state index contributed by atoms with van der Waals surface area (Å²) >= 11 is 0. The topological polar surface area (TPSA) is 17.1 Å². The number of carbonyl (C=O) groups excluding carboxylic acids is 1. The summed E-state index contributed by atoms with van der Waals surface area (Å²) in [6, 6.07) is 0. The van der Waals surface area contributed by atoms with E-state index in [1.54, 1.807) is 0 Å². The predicted molar refractivity (Wildman–Crippen MR) is 48.4 cm³/mol. The van der Waals surface area contributed by atoms with Crippen molar-refractivity contribution in [3.63, 3.8) is 0 Å². The standard InChI is InChI=1S/C10H16O/c1-5-10(3,4)7-6-9(2)8-11/h5-6,8H,1,7H2,2-4H3/b9-6+. The molecule has 0 fully saturated rings. The summed E-state index contributed by atoms with van der Waals surface area (Å²) in [7, 11) is 0. The van der Waals surface area contributed by atoms with Crippen LogP contribution >= 0.6 is 0 Å². The molecule has 0 atom stereocenters. The SMILES string of the molecule is C=CC(C)(C)C/C=C(\C)C=O. The van der Waals surface area contributed by atoms with Crippen molar-refractivity contribution >= 4 is 6.29 Å². The molecule has 0 amide bonds. The van der Waals surface area contributed by atoms with Crippen LogP contribution in [0.1, 0.15) is 27.2 Å². The molecule has 11 heavy (non-hydrogen) atoms. The molecule has 0 unspecified atom stereocenters. The highest BCUT2D eigenvalue weighted by Crippen LogP contribution is 2.21. The quantitative estimate of drug-likeness (QED) is 0.344. The van der Waals surface area contributed by atoms with Crippen LogP contribution in [-0.4, -0.2) is 6.29 Å². The maximum Gasteiger partial charge on any atom is 0.145 e. The van der Waals surface area contributed by atoms with Gasteiger partial charge in [0.15, 0.2) is 0 Å². The number of allylic oxidation sites excluding steroid dienone is 3. The predicted octanol–water partition coefficient (Wildman–Crippen LogP) is 2.73. The summed E-state index contributed by atoms with van der Waals surface area (Å²) in [5, 5.41) is 0. The van der Waals surface area contributed by atoms with E-state index < -0.39 is 0 Å². The molecule has 0 aliphatic carbocycles. The van der Waals surface area contributed by atoms with Gasteiger partial charge >= 0.3 is 0 Å². The van der Waals surface area contributed by atoms with Crippen molar-refractivity contribution in [2.45, 2.75) is 27.2 Å². The highest BCUT2D eigenvalue weighted by Gasteiger charge is 2.09. The number of hydrogen-bond acceptors (Lipinski definition) is 1. The maximum atomic E-state index is 10.2. The van der Waals surface area contributed by atoms with E-state index in [0.717, 1.165) is 18.3 Å². The normalized spacial score (nSPS) is 12.8. The molecule has 62 valence electrons. The first-order chi connectivity index (χ1) is 5.02. The number of aldehydes is 1. The molecule has 0 aromatic carbocycles. The van der Waals surface area contributed by atoms with E-state index in [4.69, 9.17) is 0 Å². The van der Waals surface area contributed by atoms with Crippen LogP contribution in [0.25, 0.3) is 0 Å². The van der Waals surface area contributed by atoms with E-state index in [-0.39, 0.29) is 5.41 Å². The fraction of sp³-hybridized carbons (Fsp3) is 0.500. The number of carbonyl (C=O) groups is 1. The third kappa shape index (κ3) is 4.54. The molecule has 0 aromatic heterocycles. The zero-order valence-electron chi connectivity index (χ0n) is 7.55. The fourth-order valence-corrected chi connectivity index (χ4v) is 0.555. The van der Waals surface area contributed by atoms with Gasteiger partial charge in [0, 0.05) is 0 Å². The summed E-state index contributed by atoms with van der Waals surface area (Å²) < 4.78 is 0. The molecule has 0 aliphatic heterocycles. The van der Waals surface area contributed by atoms with Crippen molar-refractivity contribution in [1.29, 1.82) is 0 Å². The summed E-state index contributed by atoms with van der Waals surface area (Å²) in [5.74, 6) is 0. The van der Waals surface area contributed by atoms with E-state index in [1.165, 1.54) is 0 Å². The Hall–Kier alpha value is -0.850. The van der Waals surface area contributed by atoms with Gasteiger partial charge in [0.25, 0.3) is 0 Å². The molecule has 0 aromatic rings. The summed E-state index contributed by atoms with van der Waals surface area (Å²) in [6.07, 6.45) is 5.59. The van der Waals surface area contributed by atoms with Gasteiger partial charge in [-0.2, -0.15) is 0 Å². The van der Waals surface area contributed by atoms with Gasteiger partial charge in [0.2, 0.25) is 0 Å². The van der Waals surface area contributed by atoms with E-state index in [2.05, 4.69) is 20.4 Å². The second-order valence-electron chi connectivity index (χ2n) is 3.46. The van der Waals surface area contributed by atoms with E-state index in [1.807, 2.05) is 19.1 Å². The Morgan fingerprint density at radius 2 is 2.09 bits per heavy atom. The van der Waals surface area contributed by atoms with Crippen LogP contribution in [0.5, 0.6) is 0 Å². The Morgan fingerprint density at radius 3 is 2.45 bits per heavy atom. The highest BCUT2D eigenvalue weighted by atomic mass is 16.1. The fourth-order valence-electron chi connectivity index (χ4n) is 0.555. The summed E-state index contributed by atoms with van der Waals surface area (Å²) in [6.45, 7) is 9.71. The zero-order valence-corrected chi connectivity index (χ0v) is 7.55. The van der Waals surface area contributed by atoms with E-state index >= 15 is 0 Å². The first kappa shape index (κ1) is 10.2. The largest absolute Gasteiger partial charge is 0.298 e. The second kappa shape index (κ2) is 4.12. The minimum absolute atomic E-state index is 0.101. The molecular weight excluding hydrogens is 136 g/mol. The molecule has 0 radical (unpaired) electrons. The molecule has 0 heterocycles. The van der Waals surface area contributed by atoms with E-state index in [9.17, 15) is 4.79 Å². The van der Waals surface area contributed by atoms with Gasteiger partial charge in [0.1, 0.15) is 6.29 Å². The molecule has 0 bridgehead atoms. The molecule has 0 saturated carbocycles. The van der Waals surface area contributed by atoms with Crippen LogP contribution in [0.15, 0.2) is 24.3 Å². The van der Waals surface area contributed by atoms with Crippen molar-refractivity contribution in [2.75, 3.05) is 0 Å². The number of hydrogen-bond donors (Lipinski definition) is 0. The first-order valence-electron chi connectivity index (χ1n) is 3.77. The van der Waals surface area contributed by atoms with Crippen LogP contribution in [0.3, 0.4) is 0 Å². The van der Waals surface area contributed by atoms with Crippen molar-refractivity contribution < 1.29 is 4.79 Å². The van der Waals surface area contributed by atoms with Gasteiger partial charge in [-0.05, 0) is 24.3 Å². The minimum Gasteiger partial charge on any atom is -0.298 e. The first-order valence-corrected chi connectivity index (χ1v) is 3.77. The lowest BCUT2D eigenvalue weighted by Gasteiger charge is -2.16. The lowest BCUT2D eigenvalue weighted by molar-refractivity contribution is -0.104. The van der Waals surface area contributed by atoms with Crippen molar-refractivity contribution in [3.8, 4) is 0 Å². The lowest BCUT2D eigenvalue weighted by Crippen LogP contribution is -2.04. The van der Waals surface area contributed by atoms with Crippen molar-refractivity contribution in [3.05, 3.63) is 24.3 Å². The van der Waals surface area contributed by atoms with Gasteiger partial charge in [-0.1, -0.05) is 26.0 Å². The van der Waals surface area contributed by atoms with Crippen molar-refractivity contribution in [1.82, 2.24) is 0 Å². The Labute approximate surface area is 68.8 Å². The Bertz CT molecular complexity index is 175. The van der Waals surface area contributed by atoms with Crippen molar-refractivity contribution in [2.24, 2.45) is 5.41 Å². The Balaban J connectivity index is 4.06. The van der Waals surface area contributed by atoms with E-state index in [0.29, 0.717) is 0 Å². The third-order valence-electron chi connectivity index (χ3n) is 1.69. The summed E-state index contributed by atoms with van der Waals surface area (Å²) in [5.41, 5.74) is 0.893. The van der Waals surface area contributed by atoms with Gasteiger partial charge in [-0.15, -0.1) is 6.58 Å². The van der Waals surface area contributed by atoms with Gasteiger partial charge in [-0.3, -0.25) is 4.79 Å². The summed E-state index contributed by atoms with van der Waals surface area (Å²) in [4.78, 5) is 10.2. The van der Waals surface area contributed by atoms with Gasteiger partial charge in [0.05, 0.1) is 0 Å². The van der Waals surface area contributed by atoms with Crippen LogP contribution in [0, 0.1) is 5.41 Å². The van der Waals surface area contributed by atoms with Gasteiger partial charge < -0.3 is 0 Å². The molecular formula is C10H16O. The van der Waals surface area contributed by atoms with Crippen LogP contribution in [0.4, 0.5) is 0 Å². The molecule has 1 heteroatoms. The van der Waals surface area contributed by atoms with Crippen LogP contribution in [0.2, 0.25) is 0 Å². The minimum atomic E-state index is 0.101. The lowest BCUT2D eigenvalue weighted by atomic mass is 9.89. The maximum absolute atomic E-state index is 10.2. The average molecular weight is 152 g/mol. The molecule has 0 aliphatic rings. The second-order valence-corrected chi connectivity index (χ2v) is 3.46. The highest BCUT2D eigenvalue weighted by molar-refractivity contribution is 5.71. The molecule has 0 rings (SSSR count). The molecule has 0 saturated heterocycles. The Morgan fingerprint density at radius 1 is 1.55 bits per heavy atom.